The molecule has 0 spiro atoms. The summed E-state index contributed by atoms with van der Waals surface area (Å²) in [6, 6.07) is 3.76. The molecular formula is C14H21NO4. The van der Waals surface area contributed by atoms with Crippen LogP contribution in [0.25, 0.3) is 0 Å². The Morgan fingerprint density at radius 2 is 1.95 bits per heavy atom. The Morgan fingerprint density at radius 1 is 1.21 bits per heavy atom. The van der Waals surface area contributed by atoms with Crippen LogP contribution in [0.3, 0.4) is 0 Å². The van der Waals surface area contributed by atoms with Crippen LogP contribution in [-0.2, 0) is 9.53 Å². The van der Waals surface area contributed by atoms with Gasteiger partial charge in [-0.15, -0.1) is 0 Å². The average molecular weight is 267 g/mol. The summed E-state index contributed by atoms with van der Waals surface area (Å²) in [6.07, 6.45) is 1.11. The number of ether oxygens (including phenoxy) is 3. The molecule has 1 N–H and O–H groups in total. The number of methoxy groups -OCH3 is 3. The van der Waals surface area contributed by atoms with Crippen molar-refractivity contribution in [2.24, 2.45) is 0 Å². The van der Waals surface area contributed by atoms with Gasteiger partial charge in [-0.3, -0.25) is 4.79 Å². The molecular weight excluding hydrogens is 246 g/mol. The zero-order chi connectivity index (χ0) is 14.3. The van der Waals surface area contributed by atoms with Crippen LogP contribution in [0.1, 0.15) is 18.4 Å². The smallest absolute Gasteiger partial charge is 0.305 e. The molecule has 0 saturated heterocycles. The van der Waals surface area contributed by atoms with Crippen molar-refractivity contribution in [3.63, 3.8) is 0 Å². The first-order valence-electron chi connectivity index (χ1n) is 6.15. The molecule has 0 saturated carbocycles. The third kappa shape index (κ3) is 4.35. The third-order valence-electron chi connectivity index (χ3n) is 2.82. The van der Waals surface area contributed by atoms with E-state index in [0.29, 0.717) is 19.4 Å². The molecule has 0 aliphatic rings. The lowest BCUT2D eigenvalue weighted by atomic mass is 10.1. The summed E-state index contributed by atoms with van der Waals surface area (Å²) in [5.74, 6) is 1.30. The predicted molar refractivity (Wildman–Crippen MR) is 74.0 cm³/mol. The number of anilines is 1. The van der Waals surface area contributed by atoms with E-state index in [1.807, 2.05) is 19.1 Å². The van der Waals surface area contributed by atoms with Gasteiger partial charge in [0.2, 0.25) is 0 Å². The molecule has 5 nitrogen and oxygen atoms in total. The van der Waals surface area contributed by atoms with Crippen LogP contribution < -0.4 is 14.8 Å². The lowest BCUT2D eigenvalue weighted by Gasteiger charge is -2.15. The van der Waals surface area contributed by atoms with Crippen molar-refractivity contribution in [2.75, 3.05) is 33.2 Å². The minimum Gasteiger partial charge on any atom is -0.497 e. The average Bonchev–Trinajstić information content (AvgIpc) is 2.43. The van der Waals surface area contributed by atoms with Gasteiger partial charge in [-0.25, -0.2) is 0 Å². The zero-order valence-corrected chi connectivity index (χ0v) is 11.9. The molecule has 0 fully saturated rings. The standard InChI is InChI=1S/C14H21NO4/c1-10-8-11(17-2)9-12(18-3)14(10)15-7-5-6-13(16)19-4/h8-9,15H,5-7H2,1-4H3. The van der Waals surface area contributed by atoms with Crippen LogP contribution in [0.2, 0.25) is 0 Å². The van der Waals surface area contributed by atoms with Gasteiger partial charge in [0, 0.05) is 19.0 Å². The summed E-state index contributed by atoms with van der Waals surface area (Å²) in [4.78, 5) is 11.0. The lowest BCUT2D eigenvalue weighted by molar-refractivity contribution is -0.140. The highest BCUT2D eigenvalue weighted by atomic mass is 16.5. The van der Waals surface area contributed by atoms with Crippen molar-refractivity contribution in [1.82, 2.24) is 0 Å². The zero-order valence-electron chi connectivity index (χ0n) is 11.9. The van der Waals surface area contributed by atoms with Crippen LogP contribution in [0.15, 0.2) is 12.1 Å². The molecule has 106 valence electrons. The Bertz CT molecular complexity index is 432. The quantitative estimate of drug-likeness (QED) is 0.607. The summed E-state index contributed by atoms with van der Waals surface area (Å²) in [7, 11) is 4.64. The number of hydrogen-bond acceptors (Lipinski definition) is 5. The van der Waals surface area contributed by atoms with Gasteiger partial charge in [-0.2, -0.15) is 0 Å². The number of carbonyl (C=O) groups excluding carboxylic acids is 1. The summed E-state index contributed by atoms with van der Waals surface area (Å²) < 4.78 is 15.1. The van der Waals surface area contributed by atoms with E-state index in [1.54, 1.807) is 14.2 Å². The second kappa shape index (κ2) is 7.51. The van der Waals surface area contributed by atoms with E-state index in [1.165, 1.54) is 7.11 Å². The van der Waals surface area contributed by atoms with E-state index in [2.05, 4.69) is 10.1 Å². The molecule has 1 aromatic carbocycles. The normalized spacial score (nSPS) is 9.89. The lowest BCUT2D eigenvalue weighted by Crippen LogP contribution is -2.08. The molecule has 1 rings (SSSR count). The SMILES string of the molecule is COC(=O)CCCNc1c(C)cc(OC)cc1OC. The Balaban J connectivity index is 2.64. The highest BCUT2D eigenvalue weighted by Crippen LogP contribution is 2.32. The molecule has 0 unspecified atom stereocenters. The van der Waals surface area contributed by atoms with Crippen LogP contribution in [0, 0.1) is 6.92 Å². The van der Waals surface area contributed by atoms with E-state index in [-0.39, 0.29) is 5.97 Å². The second-order valence-corrected chi connectivity index (χ2v) is 4.13. The molecule has 0 bridgehead atoms. The van der Waals surface area contributed by atoms with E-state index in [9.17, 15) is 4.79 Å². The van der Waals surface area contributed by atoms with E-state index in [4.69, 9.17) is 9.47 Å². The number of nitrogens with one attached hydrogen (secondary N) is 1. The number of carbonyl (C=O) groups is 1. The fourth-order valence-electron chi connectivity index (χ4n) is 1.78. The van der Waals surface area contributed by atoms with Crippen molar-refractivity contribution < 1.29 is 19.0 Å². The molecule has 0 atom stereocenters. The number of aryl methyl sites for hydroxylation is 1. The first-order valence-corrected chi connectivity index (χ1v) is 6.15. The topological polar surface area (TPSA) is 56.8 Å². The molecule has 0 aromatic heterocycles. The van der Waals surface area contributed by atoms with Gasteiger partial charge < -0.3 is 19.5 Å². The molecule has 0 heterocycles. The van der Waals surface area contributed by atoms with Gasteiger partial charge in [-0.1, -0.05) is 0 Å². The predicted octanol–water partition coefficient (Wildman–Crippen LogP) is 2.38. The highest BCUT2D eigenvalue weighted by Gasteiger charge is 2.09. The van der Waals surface area contributed by atoms with E-state index >= 15 is 0 Å². The molecule has 0 radical (unpaired) electrons. The van der Waals surface area contributed by atoms with Crippen molar-refractivity contribution in [2.45, 2.75) is 19.8 Å². The summed E-state index contributed by atoms with van der Waals surface area (Å²) in [5.41, 5.74) is 1.96. The first kappa shape index (κ1) is 15.1. The number of benzene rings is 1. The van der Waals surface area contributed by atoms with Gasteiger partial charge in [0.1, 0.15) is 11.5 Å². The van der Waals surface area contributed by atoms with Gasteiger partial charge in [-0.05, 0) is 25.0 Å². The van der Waals surface area contributed by atoms with Crippen LogP contribution in [0.4, 0.5) is 5.69 Å². The van der Waals surface area contributed by atoms with Crippen molar-refractivity contribution >= 4 is 11.7 Å². The number of esters is 1. The maximum atomic E-state index is 11.0. The number of hydrogen-bond donors (Lipinski definition) is 1. The Kier molecular flexibility index (Phi) is 5.99. The number of rotatable bonds is 7. The summed E-state index contributed by atoms with van der Waals surface area (Å²) in [5, 5.41) is 3.27. The molecule has 5 heteroatoms. The van der Waals surface area contributed by atoms with Crippen LogP contribution in [0.5, 0.6) is 11.5 Å². The summed E-state index contributed by atoms with van der Waals surface area (Å²) >= 11 is 0. The molecule has 0 aliphatic heterocycles. The molecule has 0 amide bonds. The Hall–Kier alpha value is -1.91. The highest BCUT2D eigenvalue weighted by molar-refractivity contribution is 5.69. The fraction of sp³-hybridized carbons (Fsp3) is 0.500. The minimum atomic E-state index is -0.194. The second-order valence-electron chi connectivity index (χ2n) is 4.13. The van der Waals surface area contributed by atoms with Crippen LogP contribution in [-0.4, -0.2) is 33.8 Å². The molecule has 19 heavy (non-hydrogen) atoms. The third-order valence-corrected chi connectivity index (χ3v) is 2.82. The Labute approximate surface area is 113 Å². The van der Waals surface area contributed by atoms with Gasteiger partial charge in [0.15, 0.2) is 0 Å². The van der Waals surface area contributed by atoms with Crippen LogP contribution >= 0.6 is 0 Å². The van der Waals surface area contributed by atoms with Gasteiger partial charge in [0.25, 0.3) is 0 Å². The van der Waals surface area contributed by atoms with Crippen molar-refractivity contribution in [3.05, 3.63) is 17.7 Å². The Morgan fingerprint density at radius 3 is 2.53 bits per heavy atom. The minimum absolute atomic E-state index is 0.194. The van der Waals surface area contributed by atoms with Crippen molar-refractivity contribution in [1.29, 1.82) is 0 Å². The maximum absolute atomic E-state index is 11.0. The van der Waals surface area contributed by atoms with E-state index < -0.39 is 0 Å². The monoisotopic (exact) mass is 267 g/mol. The van der Waals surface area contributed by atoms with E-state index in [0.717, 1.165) is 22.7 Å². The van der Waals surface area contributed by atoms with Gasteiger partial charge in [0.05, 0.1) is 27.0 Å². The first-order chi connectivity index (χ1) is 9.12. The van der Waals surface area contributed by atoms with Gasteiger partial charge >= 0.3 is 5.97 Å². The molecule has 1 aromatic rings. The maximum Gasteiger partial charge on any atom is 0.305 e. The fourth-order valence-corrected chi connectivity index (χ4v) is 1.78. The largest absolute Gasteiger partial charge is 0.497 e. The summed E-state index contributed by atoms with van der Waals surface area (Å²) in [6.45, 7) is 2.66. The van der Waals surface area contributed by atoms with Crippen molar-refractivity contribution in [3.8, 4) is 11.5 Å². The molecule has 0 aliphatic carbocycles.